The Labute approximate surface area is 200 Å². The summed E-state index contributed by atoms with van der Waals surface area (Å²) in [6, 6.07) is 17.2. The van der Waals surface area contributed by atoms with Gasteiger partial charge >= 0.3 is 5.97 Å². The first-order chi connectivity index (χ1) is 16.7. The lowest BCUT2D eigenvalue weighted by Gasteiger charge is -2.19. The van der Waals surface area contributed by atoms with Crippen molar-refractivity contribution in [2.45, 2.75) is 17.7 Å². The van der Waals surface area contributed by atoms with Gasteiger partial charge in [0.05, 0.1) is 28.8 Å². The molecular formula is C25H20F2N2O5S. The van der Waals surface area contributed by atoms with Crippen LogP contribution in [0.1, 0.15) is 12.3 Å². The van der Waals surface area contributed by atoms with Crippen LogP contribution in [0.3, 0.4) is 0 Å². The van der Waals surface area contributed by atoms with E-state index in [0.717, 1.165) is 16.4 Å². The molecule has 10 heteroatoms. The highest BCUT2D eigenvalue weighted by molar-refractivity contribution is 7.92. The number of sulfonamides is 1. The van der Waals surface area contributed by atoms with Crippen molar-refractivity contribution in [2.24, 2.45) is 0 Å². The molecule has 0 aliphatic heterocycles. The third kappa shape index (κ3) is 5.55. The molecule has 7 nitrogen and oxygen atoms in total. The molecule has 180 valence electrons. The predicted molar refractivity (Wildman–Crippen MR) is 124 cm³/mol. The third-order valence-corrected chi connectivity index (χ3v) is 6.93. The van der Waals surface area contributed by atoms with Crippen LogP contribution in [0.2, 0.25) is 0 Å². The molecule has 0 amide bonds. The summed E-state index contributed by atoms with van der Waals surface area (Å²) in [4.78, 5) is 16.4. The fourth-order valence-corrected chi connectivity index (χ4v) is 4.46. The smallest absolute Gasteiger partial charge is 0.311 e. The number of nitrogens with zero attached hydrogens (tertiary/aromatic N) is 2. The van der Waals surface area contributed by atoms with Crippen LogP contribution in [0.25, 0.3) is 11.3 Å². The number of carbonyl (C=O) groups excluding carboxylic acids is 1. The van der Waals surface area contributed by atoms with Gasteiger partial charge in [-0.15, -0.1) is 0 Å². The van der Waals surface area contributed by atoms with Gasteiger partial charge in [-0.1, -0.05) is 18.2 Å². The van der Waals surface area contributed by atoms with E-state index in [0.29, 0.717) is 5.69 Å². The van der Waals surface area contributed by atoms with E-state index in [9.17, 15) is 22.0 Å². The molecule has 3 aromatic carbocycles. The third-order valence-electron chi connectivity index (χ3n) is 5.13. The fraction of sp³-hybridized carbons (Fsp3) is 0.120. The first-order valence-electron chi connectivity index (χ1n) is 10.5. The molecule has 4 rings (SSSR count). The number of ether oxygens (including phenoxy) is 1. The van der Waals surface area contributed by atoms with Gasteiger partial charge in [-0.05, 0) is 48.5 Å². The average molecular weight is 499 g/mol. The number of esters is 1. The Morgan fingerprint density at radius 3 is 2.43 bits per heavy atom. The molecule has 0 bridgehead atoms. The molecule has 0 aliphatic carbocycles. The quantitative estimate of drug-likeness (QED) is 0.251. The van der Waals surface area contributed by atoms with Gasteiger partial charge in [0.15, 0.2) is 11.7 Å². The Bertz CT molecular complexity index is 1440. The van der Waals surface area contributed by atoms with Gasteiger partial charge in [-0.2, -0.15) is 0 Å². The highest BCUT2D eigenvalue weighted by Crippen LogP contribution is 2.26. The number of aromatic nitrogens is 1. The lowest BCUT2D eigenvalue weighted by molar-refractivity contribution is -0.134. The van der Waals surface area contributed by atoms with Crippen molar-refractivity contribution in [1.29, 1.82) is 0 Å². The van der Waals surface area contributed by atoms with Crippen molar-refractivity contribution in [3.05, 3.63) is 96.5 Å². The van der Waals surface area contributed by atoms with Crippen molar-refractivity contribution in [3.8, 4) is 17.1 Å². The number of hydrogen-bond acceptors (Lipinski definition) is 6. The Balaban J connectivity index is 1.34. The minimum atomic E-state index is -3.72. The van der Waals surface area contributed by atoms with Crippen molar-refractivity contribution < 1.29 is 31.1 Å². The number of oxazole rings is 1. The molecule has 0 N–H and O–H groups in total. The average Bonchev–Trinajstić information content (AvgIpc) is 3.32. The second-order valence-electron chi connectivity index (χ2n) is 7.50. The summed E-state index contributed by atoms with van der Waals surface area (Å²) < 4.78 is 64.3. The van der Waals surface area contributed by atoms with E-state index < -0.39 is 27.6 Å². The Kier molecular flexibility index (Phi) is 6.92. The summed E-state index contributed by atoms with van der Waals surface area (Å²) in [5, 5.41) is 0. The Morgan fingerprint density at radius 1 is 1.03 bits per heavy atom. The van der Waals surface area contributed by atoms with Crippen LogP contribution in [0.15, 0.2) is 88.3 Å². The molecule has 0 saturated carbocycles. The number of rotatable bonds is 8. The number of anilines is 1. The van der Waals surface area contributed by atoms with E-state index in [2.05, 4.69) is 4.98 Å². The number of aryl methyl sites for hydroxylation is 1. The highest BCUT2D eigenvalue weighted by atomic mass is 32.2. The van der Waals surface area contributed by atoms with Gasteiger partial charge in [-0.25, -0.2) is 22.2 Å². The molecular weight excluding hydrogens is 478 g/mol. The van der Waals surface area contributed by atoms with Crippen LogP contribution in [0.4, 0.5) is 14.5 Å². The number of carbonyl (C=O) groups is 1. The Morgan fingerprint density at radius 2 is 1.74 bits per heavy atom. The van der Waals surface area contributed by atoms with Crippen LogP contribution in [-0.4, -0.2) is 26.4 Å². The van der Waals surface area contributed by atoms with E-state index in [1.807, 2.05) is 0 Å². The molecule has 0 saturated heterocycles. The fourth-order valence-electron chi connectivity index (χ4n) is 3.24. The van der Waals surface area contributed by atoms with Crippen molar-refractivity contribution in [1.82, 2.24) is 4.98 Å². The monoisotopic (exact) mass is 498 g/mol. The first kappa shape index (κ1) is 24.1. The van der Waals surface area contributed by atoms with Gasteiger partial charge in [-0.3, -0.25) is 9.10 Å². The van der Waals surface area contributed by atoms with Crippen LogP contribution in [0.5, 0.6) is 5.75 Å². The Hall–Kier alpha value is -4.05. The van der Waals surface area contributed by atoms with Crippen molar-refractivity contribution >= 4 is 21.7 Å². The molecule has 0 radical (unpaired) electrons. The summed E-state index contributed by atoms with van der Waals surface area (Å²) in [7, 11) is -2.29. The van der Waals surface area contributed by atoms with Gasteiger partial charge in [0.25, 0.3) is 10.0 Å². The van der Waals surface area contributed by atoms with Gasteiger partial charge in [0, 0.05) is 19.5 Å². The van der Waals surface area contributed by atoms with Gasteiger partial charge in [0.1, 0.15) is 17.4 Å². The van der Waals surface area contributed by atoms with Gasteiger partial charge < -0.3 is 9.15 Å². The first-order valence-corrected chi connectivity index (χ1v) is 11.9. The highest BCUT2D eigenvalue weighted by Gasteiger charge is 2.21. The van der Waals surface area contributed by atoms with E-state index in [1.165, 1.54) is 55.7 Å². The SMILES string of the molecule is CN(c1ccc(OC(=O)CCc2ncc(-c3ccc(F)cc3F)o2)cc1)S(=O)(=O)c1ccccc1. The zero-order valence-electron chi connectivity index (χ0n) is 18.5. The van der Waals surface area contributed by atoms with Crippen molar-refractivity contribution in [2.75, 3.05) is 11.4 Å². The van der Waals surface area contributed by atoms with Crippen LogP contribution in [-0.2, 0) is 21.2 Å². The van der Waals surface area contributed by atoms with E-state index in [4.69, 9.17) is 9.15 Å². The predicted octanol–water partition coefficient (Wildman–Crippen LogP) is 4.98. The van der Waals surface area contributed by atoms with Crippen LogP contribution >= 0.6 is 0 Å². The van der Waals surface area contributed by atoms with Gasteiger partial charge in [0.2, 0.25) is 0 Å². The van der Waals surface area contributed by atoms with E-state index in [1.54, 1.807) is 18.2 Å². The second kappa shape index (κ2) is 10.1. The number of halogens is 2. The molecule has 0 unspecified atom stereocenters. The number of benzene rings is 3. The van der Waals surface area contributed by atoms with Crippen molar-refractivity contribution in [3.63, 3.8) is 0 Å². The molecule has 0 atom stereocenters. The molecule has 0 aliphatic rings. The summed E-state index contributed by atoms with van der Waals surface area (Å²) >= 11 is 0. The molecule has 4 aromatic rings. The zero-order valence-corrected chi connectivity index (χ0v) is 19.3. The lowest BCUT2D eigenvalue weighted by atomic mass is 10.2. The molecule has 35 heavy (non-hydrogen) atoms. The minimum Gasteiger partial charge on any atom is -0.441 e. The normalized spacial score (nSPS) is 11.3. The molecule has 0 spiro atoms. The number of hydrogen-bond donors (Lipinski definition) is 0. The maximum absolute atomic E-state index is 13.9. The zero-order chi connectivity index (χ0) is 25.0. The summed E-state index contributed by atoms with van der Waals surface area (Å²) in [6.07, 6.45) is 1.35. The molecule has 0 fully saturated rings. The maximum Gasteiger partial charge on any atom is 0.311 e. The topological polar surface area (TPSA) is 89.7 Å². The minimum absolute atomic E-state index is 0.0596. The standard InChI is InChI=1S/C25H20F2N2O5S/c1-29(35(31,32)20-5-3-2-4-6-20)18-8-10-19(11-9-18)33-25(30)14-13-24-28-16-23(34-24)21-12-7-17(26)15-22(21)27/h2-12,15-16H,13-14H2,1H3. The summed E-state index contributed by atoms with van der Waals surface area (Å²) in [6.45, 7) is 0. The molecule has 1 aromatic heterocycles. The van der Waals surface area contributed by atoms with Crippen LogP contribution < -0.4 is 9.04 Å². The largest absolute Gasteiger partial charge is 0.441 e. The summed E-state index contributed by atoms with van der Waals surface area (Å²) in [5.41, 5.74) is 0.459. The summed E-state index contributed by atoms with van der Waals surface area (Å²) in [5.74, 6) is -1.48. The van der Waals surface area contributed by atoms with Crippen LogP contribution in [0, 0.1) is 11.6 Å². The van der Waals surface area contributed by atoms with E-state index in [-0.39, 0.29) is 40.7 Å². The molecule has 1 heterocycles. The lowest BCUT2D eigenvalue weighted by Crippen LogP contribution is -2.26. The second-order valence-corrected chi connectivity index (χ2v) is 9.47. The van der Waals surface area contributed by atoms with E-state index >= 15 is 0 Å². The maximum atomic E-state index is 13.9.